The van der Waals surface area contributed by atoms with E-state index in [1.165, 1.54) is 0 Å². The Morgan fingerprint density at radius 1 is 1.42 bits per heavy atom. The Labute approximate surface area is 114 Å². The first-order valence-corrected chi connectivity index (χ1v) is 6.85. The van der Waals surface area contributed by atoms with Gasteiger partial charge in [-0.1, -0.05) is 26.8 Å². The fourth-order valence-electron chi connectivity index (χ4n) is 2.25. The molecule has 1 aromatic rings. The van der Waals surface area contributed by atoms with Crippen LogP contribution in [0.5, 0.6) is 5.75 Å². The maximum absolute atomic E-state index is 12.0. The van der Waals surface area contributed by atoms with Crippen molar-refractivity contribution in [1.29, 1.82) is 0 Å². The van der Waals surface area contributed by atoms with Crippen LogP contribution in [0.3, 0.4) is 0 Å². The number of rotatable bonds is 4. The summed E-state index contributed by atoms with van der Waals surface area (Å²) < 4.78 is 5.48. The van der Waals surface area contributed by atoms with Gasteiger partial charge in [-0.05, 0) is 30.0 Å². The van der Waals surface area contributed by atoms with Gasteiger partial charge in [0.05, 0.1) is 5.69 Å². The molecule has 0 aliphatic carbocycles. The van der Waals surface area contributed by atoms with Crippen LogP contribution >= 0.6 is 0 Å². The summed E-state index contributed by atoms with van der Waals surface area (Å²) in [6.45, 7) is 7.09. The number of hydrogen-bond acceptors (Lipinski definition) is 3. The molecule has 1 aromatic carbocycles. The normalized spacial score (nSPS) is 16.3. The number of ether oxygens (including phenoxy) is 1. The molecule has 2 N–H and O–H groups in total. The molecule has 0 saturated carbocycles. The largest absolute Gasteiger partial charge is 0.482 e. The van der Waals surface area contributed by atoms with Crippen LogP contribution in [0.1, 0.15) is 38.8 Å². The molecule has 1 atom stereocenters. The number of benzene rings is 1. The van der Waals surface area contributed by atoms with Crippen LogP contribution in [0, 0.1) is 5.92 Å². The summed E-state index contributed by atoms with van der Waals surface area (Å²) in [6, 6.07) is 5.89. The topological polar surface area (TPSA) is 55.6 Å². The lowest BCUT2D eigenvalue weighted by molar-refractivity contribution is -0.121. The third kappa shape index (κ3) is 2.89. The highest BCUT2D eigenvalue weighted by atomic mass is 16.5. The number of carbonyl (C=O) groups is 1. The molecule has 2 rings (SSSR count). The van der Waals surface area contributed by atoms with Gasteiger partial charge in [0.25, 0.3) is 5.91 Å². The van der Waals surface area contributed by atoms with Crippen LogP contribution in [0.2, 0.25) is 0 Å². The van der Waals surface area contributed by atoms with E-state index in [1.807, 2.05) is 23.1 Å². The second-order valence-electron chi connectivity index (χ2n) is 5.43. The molecule has 4 heteroatoms. The summed E-state index contributed by atoms with van der Waals surface area (Å²) in [4.78, 5) is 13.8. The number of amides is 1. The van der Waals surface area contributed by atoms with Crippen LogP contribution in [-0.4, -0.2) is 19.1 Å². The van der Waals surface area contributed by atoms with Crippen molar-refractivity contribution in [3.05, 3.63) is 23.8 Å². The molecule has 104 valence electrons. The number of anilines is 1. The van der Waals surface area contributed by atoms with E-state index in [9.17, 15) is 4.79 Å². The fourth-order valence-corrected chi connectivity index (χ4v) is 2.25. The molecular formula is C15H22N2O2. The first kappa shape index (κ1) is 13.9. The molecule has 1 heterocycles. The number of carbonyl (C=O) groups excluding carboxylic acids is 1. The highest BCUT2D eigenvalue weighted by molar-refractivity contribution is 5.97. The Kier molecular flexibility index (Phi) is 4.10. The molecule has 1 unspecified atom stereocenters. The molecule has 0 radical (unpaired) electrons. The lowest BCUT2D eigenvalue weighted by Crippen LogP contribution is -2.41. The monoisotopic (exact) mass is 262 g/mol. The smallest absolute Gasteiger partial charge is 0.265 e. The standard InChI is InChI=1S/C15H22N2O2/c1-4-12(16)11-5-6-14-13(7-11)17(8-10(2)3)15(18)9-19-14/h5-7,10,12H,4,8-9,16H2,1-3H3. The first-order valence-electron chi connectivity index (χ1n) is 6.85. The maximum Gasteiger partial charge on any atom is 0.265 e. The Hall–Kier alpha value is -1.55. The van der Waals surface area contributed by atoms with Gasteiger partial charge in [-0.25, -0.2) is 0 Å². The second-order valence-corrected chi connectivity index (χ2v) is 5.43. The lowest BCUT2D eigenvalue weighted by Gasteiger charge is -2.31. The SMILES string of the molecule is CCC(N)c1ccc2c(c1)N(CC(C)C)C(=O)CO2. The Morgan fingerprint density at radius 2 is 2.16 bits per heavy atom. The van der Waals surface area contributed by atoms with Gasteiger partial charge >= 0.3 is 0 Å². The molecule has 0 spiro atoms. The van der Waals surface area contributed by atoms with Crippen LogP contribution in [0.4, 0.5) is 5.69 Å². The van der Waals surface area contributed by atoms with E-state index >= 15 is 0 Å². The summed E-state index contributed by atoms with van der Waals surface area (Å²) in [5.41, 5.74) is 7.97. The van der Waals surface area contributed by atoms with Crippen LogP contribution in [0.15, 0.2) is 18.2 Å². The van der Waals surface area contributed by atoms with Crippen LogP contribution in [-0.2, 0) is 4.79 Å². The van der Waals surface area contributed by atoms with E-state index in [-0.39, 0.29) is 18.6 Å². The summed E-state index contributed by atoms with van der Waals surface area (Å²) in [5, 5.41) is 0. The van der Waals surface area contributed by atoms with Crippen LogP contribution < -0.4 is 15.4 Å². The predicted octanol–water partition coefficient (Wildman–Crippen LogP) is 2.48. The number of nitrogens with zero attached hydrogens (tertiary/aromatic N) is 1. The summed E-state index contributed by atoms with van der Waals surface area (Å²) in [7, 11) is 0. The van der Waals surface area contributed by atoms with Crippen molar-refractivity contribution in [2.24, 2.45) is 11.7 Å². The molecule has 4 nitrogen and oxygen atoms in total. The van der Waals surface area contributed by atoms with Gasteiger partial charge in [0.1, 0.15) is 5.75 Å². The van der Waals surface area contributed by atoms with Crippen molar-refractivity contribution in [3.63, 3.8) is 0 Å². The van der Waals surface area contributed by atoms with Crippen molar-refractivity contribution in [2.75, 3.05) is 18.1 Å². The Bertz CT molecular complexity index is 471. The molecule has 0 saturated heterocycles. The second kappa shape index (κ2) is 5.61. The van der Waals surface area contributed by atoms with Crippen molar-refractivity contribution < 1.29 is 9.53 Å². The minimum absolute atomic E-state index is 0.00299. The molecule has 0 aromatic heterocycles. The molecule has 1 aliphatic rings. The molecule has 1 amide bonds. The number of hydrogen-bond donors (Lipinski definition) is 1. The Balaban J connectivity index is 2.38. The molecule has 1 aliphatic heterocycles. The average molecular weight is 262 g/mol. The predicted molar refractivity (Wildman–Crippen MR) is 76.3 cm³/mol. The third-order valence-electron chi connectivity index (χ3n) is 3.34. The van der Waals surface area contributed by atoms with E-state index in [2.05, 4.69) is 20.8 Å². The molecule has 0 fully saturated rings. The van der Waals surface area contributed by atoms with Crippen molar-refractivity contribution in [3.8, 4) is 5.75 Å². The molecule has 0 bridgehead atoms. The van der Waals surface area contributed by atoms with Crippen molar-refractivity contribution in [2.45, 2.75) is 33.2 Å². The van der Waals surface area contributed by atoms with Gasteiger partial charge in [-0.15, -0.1) is 0 Å². The zero-order valence-corrected chi connectivity index (χ0v) is 11.8. The summed E-state index contributed by atoms with van der Waals surface area (Å²) in [6.07, 6.45) is 0.873. The molecular weight excluding hydrogens is 240 g/mol. The molecule has 19 heavy (non-hydrogen) atoms. The average Bonchev–Trinajstić information content (AvgIpc) is 2.40. The Morgan fingerprint density at radius 3 is 2.79 bits per heavy atom. The van der Waals surface area contributed by atoms with E-state index < -0.39 is 0 Å². The van der Waals surface area contributed by atoms with Crippen LogP contribution in [0.25, 0.3) is 0 Å². The summed E-state index contributed by atoms with van der Waals surface area (Å²) >= 11 is 0. The van der Waals surface area contributed by atoms with Gasteiger partial charge in [0, 0.05) is 12.6 Å². The van der Waals surface area contributed by atoms with E-state index in [0.717, 1.165) is 23.4 Å². The third-order valence-corrected chi connectivity index (χ3v) is 3.34. The zero-order valence-electron chi connectivity index (χ0n) is 11.8. The van der Waals surface area contributed by atoms with E-state index in [4.69, 9.17) is 10.5 Å². The number of fused-ring (bicyclic) bond motifs is 1. The summed E-state index contributed by atoms with van der Waals surface area (Å²) in [5.74, 6) is 1.20. The maximum atomic E-state index is 12.0. The van der Waals surface area contributed by atoms with E-state index in [1.54, 1.807) is 0 Å². The number of nitrogens with two attached hydrogens (primary N) is 1. The highest BCUT2D eigenvalue weighted by Gasteiger charge is 2.26. The quantitative estimate of drug-likeness (QED) is 0.907. The van der Waals surface area contributed by atoms with Crippen molar-refractivity contribution in [1.82, 2.24) is 0 Å². The van der Waals surface area contributed by atoms with Gasteiger partial charge in [-0.3, -0.25) is 4.79 Å². The lowest BCUT2D eigenvalue weighted by atomic mass is 10.0. The van der Waals surface area contributed by atoms with Gasteiger partial charge in [-0.2, -0.15) is 0 Å². The van der Waals surface area contributed by atoms with E-state index in [0.29, 0.717) is 12.5 Å². The highest BCUT2D eigenvalue weighted by Crippen LogP contribution is 2.35. The minimum Gasteiger partial charge on any atom is -0.482 e. The van der Waals surface area contributed by atoms with Gasteiger partial charge in [0.15, 0.2) is 6.61 Å². The van der Waals surface area contributed by atoms with Crippen molar-refractivity contribution >= 4 is 11.6 Å². The zero-order chi connectivity index (χ0) is 14.0. The minimum atomic E-state index is 0.00299. The van der Waals surface area contributed by atoms with Gasteiger partial charge < -0.3 is 15.4 Å². The first-order chi connectivity index (χ1) is 9.02. The fraction of sp³-hybridized carbons (Fsp3) is 0.533. The van der Waals surface area contributed by atoms with Gasteiger partial charge in [0.2, 0.25) is 0 Å².